The van der Waals surface area contributed by atoms with Crippen molar-refractivity contribution >= 4 is 23.0 Å². The second-order valence-electron chi connectivity index (χ2n) is 4.63. The summed E-state index contributed by atoms with van der Waals surface area (Å²) in [6, 6.07) is 4.95. The van der Waals surface area contributed by atoms with Crippen molar-refractivity contribution in [1.82, 2.24) is 4.90 Å². The standard InChI is InChI=1S/C13H18ClN3O2/c1-2-15-5-7-16(8-6-15)13-4-3-12(17(18)19)9-11(13)10-14/h3-4,9H,2,5-8,10H2,1H3. The number of piperazine rings is 1. The Balaban J connectivity index is 2.18. The molecule has 104 valence electrons. The van der Waals surface area contributed by atoms with E-state index >= 15 is 0 Å². The third-order valence-corrected chi connectivity index (χ3v) is 3.87. The lowest BCUT2D eigenvalue weighted by molar-refractivity contribution is -0.384. The zero-order valence-corrected chi connectivity index (χ0v) is 11.8. The molecule has 0 atom stereocenters. The predicted octanol–water partition coefficient (Wildman–Crippen LogP) is 2.48. The van der Waals surface area contributed by atoms with Crippen LogP contribution in [0.3, 0.4) is 0 Å². The summed E-state index contributed by atoms with van der Waals surface area (Å²) in [7, 11) is 0. The fourth-order valence-corrected chi connectivity index (χ4v) is 2.62. The van der Waals surface area contributed by atoms with Gasteiger partial charge in [0, 0.05) is 49.9 Å². The van der Waals surface area contributed by atoms with E-state index in [4.69, 9.17) is 11.6 Å². The van der Waals surface area contributed by atoms with Gasteiger partial charge in [-0.15, -0.1) is 11.6 Å². The molecule has 1 aliphatic rings. The Kier molecular flexibility index (Phi) is 4.61. The lowest BCUT2D eigenvalue weighted by atomic mass is 10.1. The van der Waals surface area contributed by atoms with Gasteiger partial charge in [0.2, 0.25) is 0 Å². The number of nitrogens with zero attached hydrogens (tertiary/aromatic N) is 3. The van der Waals surface area contributed by atoms with Crippen LogP contribution < -0.4 is 4.90 Å². The van der Waals surface area contributed by atoms with Gasteiger partial charge in [0.15, 0.2) is 0 Å². The van der Waals surface area contributed by atoms with E-state index in [2.05, 4.69) is 16.7 Å². The molecule has 0 saturated carbocycles. The van der Waals surface area contributed by atoms with Gasteiger partial charge in [-0.3, -0.25) is 10.1 Å². The minimum absolute atomic E-state index is 0.103. The molecule has 1 aromatic carbocycles. The van der Waals surface area contributed by atoms with E-state index in [1.54, 1.807) is 12.1 Å². The molecule has 1 saturated heterocycles. The molecule has 5 nitrogen and oxygen atoms in total. The van der Waals surface area contributed by atoms with Crippen LogP contribution in [0.5, 0.6) is 0 Å². The number of alkyl halides is 1. The normalized spacial score (nSPS) is 16.6. The van der Waals surface area contributed by atoms with Crippen molar-refractivity contribution in [3.05, 3.63) is 33.9 Å². The molecular weight excluding hydrogens is 266 g/mol. The maximum atomic E-state index is 10.8. The molecule has 0 spiro atoms. The molecule has 0 aromatic heterocycles. The van der Waals surface area contributed by atoms with E-state index in [9.17, 15) is 10.1 Å². The van der Waals surface area contributed by atoms with Crippen molar-refractivity contribution in [3.63, 3.8) is 0 Å². The average molecular weight is 284 g/mol. The van der Waals surface area contributed by atoms with Gasteiger partial charge in [-0.1, -0.05) is 6.92 Å². The summed E-state index contributed by atoms with van der Waals surface area (Å²) in [6.45, 7) is 7.15. The van der Waals surface area contributed by atoms with Crippen LogP contribution in [0.15, 0.2) is 18.2 Å². The highest BCUT2D eigenvalue weighted by molar-refractivity contribution is 6.17. The third-order valence-electron chi connectivity index (χ3n) is 3.58. The van der Waals surface area contributed by atoms with Gasteiger partial charge in [-0.05, 0) is 18.2 Å². The Morgan fingerprint density at radius 1 is 1.32 bits per heavy atom. The number of rotatable bonds is 4. The summed E-state index contributed by atoms with van der Waals surface area (Å²) >= 11 is 5.92. The van der Waals surface area contributed by atoms with Crippen LogP contribution in [0.2, 0.25) is 0 Å². The van der Waals surface area contributed by atoms with Crippen molar-refractivity contribution in [2.75, 3.05) is 37.6 Å². The van der Waals surface area contributed by atoms with Crippen LogP contribution in [-0.2, 0) is 5.88 Å². The molecule has 0 unspecified atom stereocenters. The first-order valence-electron chi connectivity index (χ1n) is 6.46. The van der Waals surface area contributed by atoms with Gasteiger partial charge in [-0.25, -0.2) is 0 Å². The number of hydrogen-bond donors (Lipinski definition) is 0. The highest BCUT2D eigenvalue weighted by atomic mass is 35.5. The topological polar surface area (TPSA) is 49.6 Å². The van der Waals surface area contributed by atoms with Crippen molar-refractivity contribution < 1.29 is 4.92 Å². The minimum atomic E-state index is -0.380. The summed E-state index contributed by atoms with van der Waals surface area (Å²) in [6.07, 6.45) is 0. The molecule has 1 aromatic rings. The van der Waals surface area contributed by atoms with E-state index in [0.29, 0.717) is 5.88 Å². The Hall–Kier alpha value is -1.33. The zero-order chi connectivity index (χ0) is 13.8. The Labute approximate surface area is 117 Å². The zero-order valence-electron chi connectivity index (χ0n) is 11.0. The van der Waals surface area contributed by atoms with Crippen LogP contribution >= 0.6 is 11.6 Å². The van der Waals surface area contributed by atoms with Gasteiger partial charge in [-0.2, -0.15) is 0 Å². The molecule has 0 aliphatic carbocycles. The molecule has 0 radical (unpaired) electrons. The van der Waals surface area contributed by atoms with Crippen LogP contribution in [-0.4, -0.2) is 42.5 Å². The van der Waals surface area contributed by atoms with Gasteiger partial charge in [0.25, 0.3) is 5.69 Å². The van der Waals surface area contributed by atoms with E-state index in [1.165, 1.54) is 0 Å². The number of nitro benzene ring substituents is 1. The number of anilines is 1. The van der Waals surface area contributed by atoms with Crippen molar-refractivity contribution in [2.24, 2.45) is 0 Å². The monoisotopic (exact) mass is 283 g/mol. The third kappa shape index (κ3) is 3.16. The van der Waals surface area contributed by atoms with Crippen molar-refractivity contribution in [1.29, 1.82) is 0 Å². The molecule has 1 fully saturated rings. The van der Waals surface area contributed by atoms with Gasteiger partial charge in [0.05, 0.1) is 4.92 Å². The summed E-state index contributed by atoms with van der Waals surface area (Å²) in [5, 5.41) is 10.8. The lowest BCUT2D eigenvalue weighted by Gasteiger charge is -2.36. The maximum absolute atomic E-state index is 10.8. The summed E-state index contributed by atoms with van der Waals surface area (Å²) in [5.41, 5.74) is 1.96. The highest BCUT2D eigenvalue weighted by Crippen LogP contribution is 2.27. The molecule has 0 bridgehead atoms. The maximum Gasteiger partial charge on any atom is 0.269 e. The minimum Gasteiger partial charge on any atom is -0.369 e. The fraction of sp³-hybridized carbons (Fsp3) is 0.538. The van der Waals surface area contributed by atoms with Crippen LogP contribution in [0.4, 0.5) is 11.4 Å². The van der Waals surface area contributed by atoms with Crippen LogP contribution in [0.25, 0.3) is 0 Å². The Bertz CT molecular complexity index is 459. The molecule has 6 heteroatoms. The molecular formula is C13H18ClN3O2. The summed E-state index contributed by atoms with van der Waals surface area (Å²) in [4.78, 5) is 15.0. The quantitative estimate of drug-likeness (QED) is 0.484. The smallest absolute Gasteiger partial charge is 0.269 e. The molecule has 1 heterocycles. The predicted molar refractivity (Wildman–Crippen MR) is 77.0 cm³/mol. The van der Waals surface area contributed by atoms with Gasteiger partial charge >= 0.3 is 0 Å². The fourth-order valence-electron chi connectivity index (χ4n) is 2.41. The Morgan fingerprint density at radius 2 is 2.00 bits per heavy atom. The largest absolute Gasteiger partial charge is 0.369 e. The SMILES string of the molecule is CCN1CCN(c2ccc([N+](=O)[O-])cc2CCl)CC1. The van der Waals surface area contributed by atoms with Gasteiger partial charge in [0.1, 0.15) is 0 Å². The molecule has 1 aliphatic heterocycles. The molecule has 2 rings (SSSR count). The number of halogens is 1. The lowest BCUT2D eigenvalue weighted by Crippen LogP contribution is -2.46. The summed E-state index contributed by atoms with van der Waals surface area (Å²) < 4.78 is 0. The van der Waals surface area contributed by atoms with Gasteiger partial charge < -0.3 is 9.80 Å². The number of hydrogen-bond acceptors (Lipinski definition) is 4. The highest BCUT2D eigenvalue weighted by Gasteiger charge is 2.19. The van der Waals surface area contributed by atoms with Crippen molar-refractivity contribution in [2.45, 2.75) is 12.8 Å². The molecule has 0 N–H and O–H groups in total. The molecule has 19 heavy (non-hydrogen) atoms. The van der Waals surface area contributed by atoms with Crippen LogP contribution in [0, 0.1) is 10.1 Å². The van der Waals surface area contributed by atoms with Crippen LogP contribution in [0.1, 0.15) is 12.5 Å². The number of nitro groups is 1. The second-order valence-corrected chi connectivity index (χ2v) is 4.89. The number of non-ortho nitro benzene ring substituents is 1. The van der Waals surface area contributed by atoms with E-state index in [0.717, 1.165) is 44.0 Å². The number of likely N-dealkylation sites (N-methyl/N-ethyl adjacent to an activating group) is 1. The first-order chi connectivity index (χ1) is 9.15. The molecule has 0 amide bonds. The summed E-state index contributed by atoms with van der Waals surface area (Å²) in [5.74, 6) is 0.297. The van der Waals surface area contributed by atoms with Crippen molar-refractivity contribution in [3.8, 4) is 0 Å². The van der Waals surface area contributed by atoms with E-state index in [1.807, 2.05) is 6.07 Å². The second kappa shape index (κ2) is 6.21. The Morgan fingerprint density at radius 3 is 2.53 bits per heavy atom. The first kappa shape index (κ1) is 14.1. The first-order valence-corrected chi connectivity index (χ1v) is 6.99. The number of benzene rings is 1. The average Bonchev–Trinajstić information content (AvgIpc) is 2.46. The van der Waals surface area contributed by atoms with E-state index in [-0.39, 0.29) is 10.6 Å². The van der Waals surface area contributed by atoms with E-state index < -0.39 is 0 Å².